The zero-order valence-electron chi connectivity index (χ0n) is 16.5. The van der Waals surface area contributed by atoms with Crippen molar-refractivity contribution in [3.63, 3.8) is 0 Å². The Morgan fingerprint density at radius 2 is 2.10 bits per heavy atom. The van der Waals surface area contributed by atoms with E-state index in [1.54, 1.807) is 6.07 Å². The summed E-state index contributed by atoms with van der Waals surface area (Å²) >= 11 is 12.9. The lowest BCUT2D eigenvalue weighted by molar-refractivity contribution is 0.0984. The van der Waals surface area contributed by atoms with Crippen LogP contribution in [0.3, 0.4) is 0 Å². The number of hydrogen-bond acceptors (Lipinski definition) is 6. The Bertz CT molecular complexity index is 865. The zero-order chi connectivity index (χ0) is 20.9. The van der Waals surface area contributed by atoms with E-state index >= 15 is 0 Å². The minimum Gasteiger partial charge on any atom is -0.370 e. The molecular formula is C20H25Cl2N5OS. The molecule has 29 heavy (non-hydrogen) atoms. The van der Waals surface area contributed by atoms with Crippen LogP contribution in [0.5, 0.6) is 0 Å². The van der Waals surface area contributed by atoms with Crippen molar-refractivity contribution in [3.05, 3.63) is 46.2 Å². The molecule has 3 N–H and O–H groups in total. The number of hydrogen-bond donors (Lipinski definition) is 3. The molecule has 1 aliphatic heterocycles. The number of anilines is 1. The average Bonchev–Trinajstić information content (AvgIpc) is 3.02. The van der Waals surface area contributed by atoms with E-state index in [0.29, 0.717) is 5.03 Å². The Balaban J connectivity index is 1.44. The van der Waals surface area contributed by atoms with Crippen LogP contribution in [-0.4, -0.2) is 34.5 Å². The number of aromatic nitrogens is 2. The third kappa shape index (κ3) is 6.74. The normalized spacial score (nSPS) is 17.9. The summed E-state index contributed by atoms with van der Waals surface area (Å²) in [5, 5.41) is 7.92. The van der Waals surface area contributed by atoms with Crippen LogP contribution in [0.2, 0.25) is 10.3 Å². The molecular weight excluding hydrogens is 429 g/mol. The van der Waals surface area contributed by atoms with Crippen molar-refractivity contribution in [1.82, 2.24) is 20.0 Å². The van der Waals surface area contributed by atoms with E-state index in [0.717, 1.165) is 43.2 Å². The number of carbonyl (C=O) groups excluding carboxylic acids is 1. The van der Waals surface area contributed by atoms with Crippen molar-refractivity contribution in [2.45, 2.75) is 43.7 Å². The van der Waals surface area contributed by atoms with Crippen molar-refractivity contribution in [1.29, 1.82) is 0 Å². The lowest BCUT2D eigenvalue weighted by Crippen LogP contribution is -2.31. The average molecular weight is 454 g/mol. The largest absolute Gasteiger partial charge is 0.370 e. The van der Waals surface area contributed by atoms with E-state index in [4.69, 9.17) is 23.2 Å². The molecule has 0 radical (unpaired) electrons. The summed E-state index contributed by atoms with van der Waals surface area (Å²) < 4.78 is 2.73. The van der Waals surface area contributed by atoms with E-state index in [1.165, 1.54) is 18.9 Å². The first-order valence-electron chi connectivity index (χ1n) is 9.57. The van der Waals surface area contributed by atoms with Crippen LogP contribution in [0.25, 0.3) is 0 Å². The number of nitrogens with one attached hydrogen (secondary N) is 3. The van der Waals surface area contributed by atoms with Crippen molar-refractivity contribution in [2.24, 2.45) is 5.92 Å². The first-order chi connectivity index (χ1) is 13.8. The van der Waals surface area contributed by atoms with Crippen molar-refractivity contribution < 1.29 is 4.79 Å². The fourth-order valence-electron chi connectivity index (χ4n) is 3.40. The molecule has 6 nitrogen and oxygen atoms in total. The Kier molecular flexibility index (Phi) is 7.62. The Labute approximate surface area is 185 Å². The molecule has 3 rings (SSSR count). The van der Waals surface area contributed by atoms with E-state index in [9.17, 15) is 4.79 Å². The van der Waals surface area contributed by atoms with Crippen LogP contribution in [0, 0.1) is 5.92 Å². The molecule has 0 aromatic carbocycles. The summed E-state index contributed by atoms with van der Waals surface area (Å²) in [5.41, 5.74) is 0.532. The molecule has 0 spiro atoms. The second kappa shape index (κ2) is 9.98. The van der Waals surface area contributed by atoms with Crippen LogP contribution in [0.4, 0.5) is 5.82 Å². The Morgan fingerprint density at radius 1 is 1.28 bits per heavy atom. The van der Waals surface area contributed by atoms with Gasteiger partial charge in [-0.15, -0.1) is 0 Å². The summed E-state index contributed by atoms with van der Waals surface area (Å²) in [6.45, 7) is 6.49. The molecule has 9 heteroatoms. The summed E-state index contributed by atoms with van der Waals surface area (Å²) in [4.78, 5) is 20.7. The van der Waals surface area contributed by atoms with Gasteiger partial charge in [0.2, 0.25) is 0 Å². The van der Waals surface area contributed by atoms with Crippen LogP contribution in [0.1, 0.15) is 43.5 Å². The molecule has 1 amide bonds. The minimum absolute atomic E-state index is 0.0693. The highest BCUT2D eigenvalue weighted by atomic mass is 35.5. The van der Waals surface area contributed by atoms with Gasteiger partial charge < -0.3 is 10.6 Å². The maximum atomic E-state index is 12.3. The van der Waals surface area contributed by atoms with Gasteiger partial charge in [-0.25, -0.2) is 9.97 Å². The number of amides is 1. The van der Waals surface area contributed by atoms with Crippen LogP contribution >= 0.6 is 35.1 Å². The third-order valence-electron chi connectivity index (χ3n) is 4.79. The highest BCUT2D eigenvalue weighted by Crippen LogP contribution is 2.26. The summed E-state index contributed by atoms with van der Waals surface area (Å²) in [6.07, 6.45) is 3.52. The molecule has 0 unspecified atom stereocenters. The van der Waals surface area contributed by atoms with E-state index in [2.05, 4.69) is 39.2 Å². The van der Waals surface area contributed by atoms with Gasteiger partial charge in [-0.1, -0.05) is 29.3 Å². The van der Waals surface area contributed by atoms with Gasteiger partial charge >= 0.3 is 0 Å². The number of carbonyl (C=O) groups is 1. The predicted octanol–water partition coefficient (Wildman–Crippen LogP) is 4.80. The maximum absolute atomic E-state index is 12.3. The molecule has 0 aliphatic carbocycles. The first-order valence-corrected chi connectivity index (χ1v) is 11.1. The van der Waals surface area contributed by atoms with Crippen LogP contribution in [0.15, 0.2) is 35.4 Å². The Morgan fingerprint density at radius 3 is 2.83 bits per heavy atom. The standard InChI is InChI=1S/C20H25Cl2N5OS/c1-20(2)11-13(12-24-20)5-4-10-23-16-6-3-7-17(26-16)29-27-19(28)14-8-9-15(21)25-18(14)22/h3,6-9,13,24H,4-5,10-12H2,1-2H3,(H,23,26)(H,27,28)/t13-/m0/s1. The second-order valence-electron chi connectivity index (χ2n) is 7.77. The van der Waals surface area contributed by atoms with Gasteiger partial charge in [0, 0.05) is 24.0 Å². The number of pyridine rings is 2. The highest BCUT2D eigenvalue weighted by Gasteiger charge is 2.29. The van der Waals surface area contributed by atoms with Crippen LogP contribution < -0.4 is 15.4 Å². The topological polar surface area (TPSA) is 78.9 Å². The first kappa shape index (κ1) is 22.2. The van der Waals surface area contributed by atoms with E-state index in [-0.39, 0.29) is 27.3 Å². The molecule has 1 fully saturated rings. The second-order valence-corrected chi connectivity index (χ2v) is 9.34. The van der Waals surface area contributed by atoms with Gasteiger partial charge in [0.05, 0.1) is 5.56 Å². The quantitative estimate of drug-likeness (QED) is 0.302. The summed E-state index contributed by atoms with van der Waals surface area (Å²) in [7, 11) is 0. The van der Waals surface area contributed by atoms with Crippen molar-refractivity contribution >= 4 is 46.9 Å². The lowest BCUT2D eigenvalue weighted by atomic mass is 9.94. The van der Waals surface area contributed by atoms with Gasteiger partial charge in [0.15, 0.2) is 0 Å². The fourth-order valence-corrected chi connectivity index (χ4v) is 4.43. The van der Waals surface area contributed by atoms with E-state index in [1.807, 2.05) is 18.2 Å². The molecule has 1 atom stereocenters. The van der Waals surface area contributed by atoms with Gasteiger partial charge in [-0.2, -0.15) is 0 Å². The number of rotatable bonds is 8. The van der Waals surface area contributed by atoms with Crippen molar-refractivity contribution in [2.75, 3.05) is 18.4 Å². The molecule has 2 aromatic heterocycles. The third-order valence-corrected chi connectivity index (χ3v) is 6.02. The number of nitrogens with zero attached hydrogens (tertiary/aromatic N) is 2. The fraction of sp³-hybridized carbons (Fsp3) is 0.450. The molecule has 0 bridgehead atoms. The smallest absolute Gasteiger partial charge is 0.264 e. The molecule has 0 saturated carbocycles. The Hall–Kier alpha value is -1.54. The van der Waals surface area contributed by atoms with Gasteiger partial charge in [-0.3, -0.25) is 9.52 Å². The molecule has 156 valence electrons. The molecule has 2 aromatic rings. The minimum atomic E-state index is -0.350. The predicted molar refractivity (Wildman–Crippen MR) is 120 cm³/mol. The molecule has 1 aliphatic rings. The summed E-state index contributed by atoms with van der Waals surface area (Å²) in [5.74, 6) is 1.18. The van der Waals surface area contributed by atoms with Gasteiger partial charge in [-0.05, 0) is 69.8 Å². The lowest BCUT2D eigenvalue weighted by Gasteiger charge is -2.17. The number of halogens is 2. The SMILES string of the molecule is CC1(C)C[C@H](CCCNc2cccc(SNC(=O)c3ccc(Cl)nc3Cl)n2)CN1. The monoisotopic (exact) mass is 453 g/mol. The van der Waals surface area contributed by atoms with Crippen molar-refractivity contribution in [3.8, 4) is 0 Å². The highest BCUT2D eigenvalue weighted by molar-refractivity contribution is 7.97. The van der Waals surface area contributed by atoms with Gasteiger partial charge in [0.1, 0.15) is 21.2 Å². The maximum Gasteiger partial charge on any atom is 0.264 e. The molecule has 3 heterocycles. The van der Waals surface area contributed by atoms with Crippen LogP contribution in [-0.2, 0) is 0 Å². The summed E-state index contributed by atoms with van der Waals surface area (Å²) in [6, 6.07) is 8.73. The van der Waals surface area contributed by atoms with E-state index < -0.39 is 0 Å². The zero-order valence-corrected chi connectivity index (χ0v) is 18.8. The molecule has 1 saturated heterocycles. The van der Waals surface area contributed by atoms with Gasteiger partial charge in [0.25, 0.3) is 5.91 Å².